The second-order valence-corrected chi connectivity index (χ2v) is 5.54. The van der Waals surface area contributed by atoms with E-state index in [0.29, 0.717) is 6.54 Å². The van der Waals surface area contributed by atoms with Crippen LogP contribution in [0.4, 0.5) is 4.79 Å². The third kappa shape index (κ3) is 4.38. The molecule has 0 aliphatic heterocycles. The predicted molar refractivity (Wildman–Crippen MR) is 85.2 cm³/mol. The van der Waals surface area contributed by atoms with Gasteiger partial charge in [-0.15, -0.1) is 0 Å². The molecule has 4 nitrogen and oxygen atoms in total. The average molecular weight is 285 g/mol. The molecule has 1 heterocycles. The van der Waals surface area contributed by atoms with Gasteiger partial charge in [-0.05, 0) is 44.0 Å². The lowest BCUT2D eigenvalue weighted by atomic mass is 10.1. The molecule has 2 N–H and O–H groups in total. The van der Waals surface area contributed by atoms with Crippen LogP contribution in [0.25, 0.3) is 0 Å². The molecular formula is C17H23N3O. The molecule has 1 aromatic heterocycles. The first-order chi connectivity index (χ1) is 10.1. The number of rotatable bonds is 5. The molecule has 0 aliphatic rings. The summed E-state index contributed by atoms with van der Waals surface area (Å²) in [5, 5.41) is 5.71. The van der Waals surface area contributed by atoms with Gasteiger partial charge in [0.05, 0.1) is 6.54 Å². The largest absolute Gasteiger partial charge is 0.345 e. The summed E-state index contributed by atoms with van der Waals surface area (Å²) in [6.45, 7) is 7.35. The van der Waals surface area contributed by atoms with Crippen molar-refractivity contribution < 1.29 is 4.79 Å². The molecule has 1 aromatic carbocycles. The van der Waals surface area contributed by atoms with E-state index in [1.807, 2.05) is 38.2 Å². The Kier molecular flexibility index (Phi) is 5.04. The van der Waals surface area contributed by atoms with Crippen molar-refractivity contribution in [3.8, 4) is 0 Å². The van der Waals surface area contributed by atoms with Crippen molar-refractivity contribution in [1.29, 1.82) is 0 Å². The maximum atomic E-state index is 11.6. The zero-order chi connectivity index (χ0) is 15.2. The minimum Gasteiger partial charge on any atom is -0.345 e. The number of amides is 2. The summed E-state index contributed by atoms with van der Waals surface area (Å²) in [6, 6.07) is 12.4. The topological polar surface area (TPSA) is 46.1 Å². The van der Waals surface area contributed by atoms with Gasteiger partial charge in [0.2, 0.25) is 0 Å². The fourth-order valence-electron chi connectivity index (χ4n) is 2.22. The van der Waals surface area contributed by atoms with Gasteiger partial charge in [0.15, 0.2) is 0 Å². The van der Waals surface area contributed by atoms with Crippen LogP contribution in [0.15, 0.2) is 42.6 Å². The lowest BCUT2D eigenvalue weighted by Crippen LogP contribution is -2.39. The molecule has 0 radical (unpaired) electrons. The minimum atomic E-state index is -0.131. The Balaban J connectivity index is 1.99. The zero-order valence-corrected chi connectivity index (χ0v) is 12.9. The number of hydrogen-bond donors (Lipinski definition) is 2. The van der Waals surface area contributed by atoms with Crippen LogP contribution < -0.4 is 10.6 Å². The number of benzene rings is 1. The van der Waals surface area contributed by atoms with E-state index in [9.17, 15) is 4.79 Å². The van der Waals surface area contributed by atoms with Crippen molar-refractivity contribution in [2.24, 2.45) is 0 Å². The minimum absolute atomic E-state index is 0.131. The molecule has 0 saturated carbocycles. The van der Waals surface area contributed by atoms with E-state index in [1.54, 1.807) is 0 Å². The molecule has 0 saturated heterocycles. The molecule has 2 amide bonds. The maximum absolute atomic E-state index is 11.6. The number of nitrogens with zero attached hydrogens (tertiary/aromatic N) is 1. The van der Waals surface area contributed by atoms with Gasteiger partial charge < -0.3 is 15.2 Å². The molecule has 4 heteroatoms. The van der Waals surface area contributed by atoms with Gasteiger partial charge in [0.25, 0.3) is 0 Å². The fraction of sp³-hybridized carbons (Fsp3) is 0.353. The zero-order valence-electron chi connectivity index (χ0n) is 12.9. The molecular weight excluding hydrogens is 262 g/mol. The maximum Gasteiger partial charge on any atom is 0.315 e. The normalized spacial score (nSPS) is 10.7. The highest BCUT2D eigenvalue weighted by atomic mass is 16.2. The first-order valence-electron chi connectivity index (χ1n) is 7.29. The summed E-state index contributed by atoms with van der Waals surface area (Å²) in [5.74, 6) is 0. The molecule has 2 aromatic rings. The highest BCUT2D eigenvalue weighted by molar-refractivity contribution is 5.74. The molecule has 0 bridgehead atoms. The Morgan fingerprint density at radius 3 is 2.67 bits per heavy atom. The van der Waals surface area contributed by atoms with Gasteiger partial charge in [-0.1, -0.05) is 24.3 Å². The Labute approximate surface area is 126 Å². The summed E-state index contributed by atoms with van der Waals surface area (Å²) in [7, 11) is 0. The van der Waals surface area contributed by atoms with Crippen molar-refractivity contribution in [2.75, 3.05) is 0 Å². The van der Waals surface area contributed by atoms with Gasteiger partial charge in [-0.25, -0.2) is 4.79 Å². The Bertz CT molecular complexity index is 602. The van der Waals surface area contributed by atoms with E-state index in [1.165, 1.54) is 11.1 Å². The SMILES string of the molecule is Cc1ccccc1Cn1cccc1CNC(=O)NC(C)C. The molecule has 0 spiro atoms. The number of nitrogens with one attached hydrogen (secondary N) is 2. The van der Waals surface area contributed by atoms with Crippen LogP contribution in [0.1, 0.15) is 30.7 Å². The molecule has 0 fully saturated rings. The van der Waals surface area contributed by atoms with E-state index in [-0.39, 0.29) is 12.1 Å². The lowest BCUT2D eigenvalue weighted by molar-refractivity contribution is 0.238. The van der Waals surface area contributed by atoms with Crippen molar-refractivity contribution in [3.05, 3.63) is 59.4 Å². The lowest BCUT2D eigenvalue weighted by Gasteiger charge is -2.13. The van der Waals surface area contributed by atoms with Crippen molar-refractivity contribution in [3.63, 3.8) is 0 Å². The Morgan fingerprint density at radius 2 is 1.95 bits per heavy atom. The molecule has 112 valence electrons. The van der Waals surface area contributed by atoms with Crippen molar-refractivity contribution >= 4 is 6.03 Å². The third-order valence-corrected chi connectivity index (χ3v) is 3.38. The van der Waals surface area contributed by atoms with Crippen LogP contribution in [-0.4, -0.2) is 16.6 Å². The number of hydrogen-bond acceptors (Lipinski definition) is 1. The number of carbonyl (C=O) groups excluding carboxylic acids is 1. The summed E-state index contributed by atoms with van der Waals surface area (Å²) in [4.78, 5) is 11.6. The number of aromatic nitrogens is 1. The Hall–Kier alpha value is -2.23. The quantitative estimate of drug-likeness (QED) is 0.871. The molecule has 2 rings (SSSR count). The van der Waals surface area contributed by atoms with E-state index in [0.717, 1.165) is 12.2 Å². The van der Waals surface area contributed by atoms with E-state index >= 15 is 0 Å². The number of urea groups is 1. The van der Waals surface area contributed by atoms with Crippen LogP contribution in [0, 0.1) is 6.92 Å². The van der Waals surface area contributed by atoms with Gasteiger partial charge in [0, 0.05) is 24.5 Å². The van der Waals surface area contributed by atoms with Crippen LogP contribution >= 0.6 is 0 Å². The summed E-state index contributed by atoms with van der Waals surface area (Å²) in [5.41, 5.74) is 3.67. The molecule has 21 heavy (non-hydrogen) atoms. The number of aryl methyl sites for hydroxylation is 1. The van der Waals surface area contributed by atoms with Gasteiger partial charge in [0.1, 0.15) is 0 Å². The van der Waals surface area contributed by atoms with E-state index in [4.69, 9.17) is 0 Å². The van der Waals surface area contributed by atoms with Gasteiger partial charge >= 0.3 is 6.03 Å². The van der Waals surface area contributed by atoms with Crippen LogP contribution in [-0.2, 0) is 13.1 Å². The summed E-state index contributed by atoms with van der Waals surface area (Å²) >= 11 is 0. The molecule has 0 atom stereocenters. The van der Waals surface area contributed by atoms with E-state index in [2.05, 4.69) is 40.3 Å². The molecule has 0 unspecified atom stereocenters. The highest BCUT2D eigenvalue weighted by Gasteiger charge is 2.06. The van der Waals surface area contributed by atoms with Gasteiger partial charge in [-0.2, -0.15) is 0 Å². The first kappa shape index (κ1) is 15.2. The van der Waals surface area contributed by atoms with E-state index < -0.39 is 0 Å². The Morgan fingerprint density at radius 1 is 1.19 bits per heavy atom. The van der Waals surface area contributed by atoms with Crippen molar-refractivity contribution in [2.45, 2.75) is 39.9 Å². The highest BCUT2D eigenvalue weighted by Crippen LogP contribution is 2.11. The number of carbonyl (C=O) groups is 1. The second-order valence-electron chi connectivity index (χ2n) is 5.54. The van der Waals surface area contributed by atoms with Crippen LogP contribution in [0.3, 0.4) is 0 Å². The monoisotopic (exact) mass is 285 g/mol. The molecule has 0 aliphatic carbocycles. The average Bonchev–Trinajstić information content (AvgIpc) is 2.86. The van der Waals surface area contributed by atoms with Crippen molar-refractivity contribution in [1.82, 2.24) is 15.2 Å². The summed E-state index contributed by atoms with van der Waals surface area (Å²) < 4.78 is 2.16. The van der Waals surface area contributed by atoms with Crippen LogP contribution in [0.2, 0.25) is 0 Å². The van der Waals surface area contributed by atoms with Crippen LogP contribution in [0.5, 0.6) is 0 Å². The summed E-state index contributed by atoms with van der Waals surface area (Å²) in [6.07, 6.45) is 2.05. The fourth-order valence-corrected chi connectivity index (χ4v) is 2.22. The smallest absolute Gasteiger partial charge is 0.315 e. The predicted octanol–water partition coefficient (Wildman–Crippen LogP) is 3.05. The second kappa shape index (κ2) is 6.97. The first-order valence-corrected chi connectivity index (χ1v) is 7.29. The standard InChI is InChI=1S/C17H23N3O/c1-13(2)19-17(21)18-11-16-9-6-10-20(16)12-15-8-5-4-7-14(15)3/h4-10,13H,11-12H2,1-3H3,(H2,18,19,21). The third-order valence-electron chi connectivity index (χ3n) is 3.38. The van der Waals surface area contributed by atoms with Gasteiger partial charge in [-0.3, -0.25) is 0 Å².